The molecule has 1 unspecified atom stereocenters. The van der Waals surface area contributed by atoms with Crippen molar-refractivity contribution in [3.05, 3.63) is 24.5 Å². The molecule has 4 nitrogen and oxygen atoms in total. The number of hydrogen-bond donors (Lipinski definition) is 0. The number of fused-ring (bicyclic) bond motifs is 1. The van der Waals surface area contributed by atoms with Crippen LogP contribution in [0.15, 0.2) is 24.5 Å². The fraction of sp³-hybridized carbons (Fsp3) is 0.500. The standard InChI is InChI=1S/C16H21N3O/c1-3-12-6-4-5-9-19(12)16-14-8-7-13(20-2)10-15(14)17-11-18-16/h7-8,10-12H,3-6,9H2,1-2H3. The summed E-state index contributed by atoms with van der Waals surface area (Å²) in [7, 11) is 1.68. The fourth-order valence-electron chi connectivity index (χ4n) is 3.08. The van der Waals surface area contributed by atoms with Gasteiger partial charge in [-0.15, -0.1) is 0 Å². The lowest BCUT2D eigenvalue weighted by atomic mass is 9.99. The van der Waals surface area contributed by atoms with Crippen molar-refractivity contribution in [2.45, 2.75) is 38.6 Å². The first kappa shape index (κ1) is 13.2. The van der Waals surface area contributed by atoms with E-state index in [4.69, 9.17) is 4.74 Å². The molecule has 2 aromatic rings. The zero-order valence-corrected chi connectivity index (χ0v) is 12.2. The van der Waals surface area contributed by atoms with E-state index in [-0.39, 0.29) is 0 Å². The molecule has 4 heteroatoms. The quantitative estimate of drug-likeness (QED) is 0.857. The van der Waals surface area contributed by atoms with Crippen molar-refractivity contribution in [3.8, 4) is 5.75 Å². The molecule has 0 spiro atoms. The van der Waals surface area contributed by atoms with E-state index in [1.165, 1.54) is 25.7 Å². The number of aromatic nitrogens is 2. The van der Waals surface area contributed by atoms with Gasteiger partial charge in [0.05, 0.1) is 12.6 Å². The number of hydrogen-bond acceptors (Lipinski definition) is 4. The maximum absolute atomic E-state index is 5.28. The number of rotatable bonds is 3. The Balaban J connectivity index is 2.06. The predicted molar refractivity (Wildman–Crippen MR) is 81.4 cm³/mol. The monoisotopic (exact) mass is 271 g/mol. The van der Waals surface area contributed by atoms with Gasteiger partial charge in [0.25, 0.3) is 0 Å². The van der Waals surface area contributed by atoms with Crippen molar-refractivity contribution in [2.24, 2.45) is 0 Å². The van der Waals surface area contributed by atoms with Gasteiger partial charge in [-0.05, 0) is 37.8 Å². The summed E-state index contributed by atoms with van der Waals surface area (Å²) in [6, 6.07) is 6.64. The van der Waals surface area contributed by atoms with E-state index in [2.05, 4.69) is 27.9 Å². The van der Waals surface area contributed by atoms with Gasteiger partial charge in [0, 0.05) is 24.0 Å². The maximum atomic E-state index is 5.28. The summed E-state index contributed by atoms with van der Waals surface area (Å²) in [5, 5.41) is 1.12. The molecule has 0 N–H and O–H groups in total. The van der Waals surface area contributed by atoms with Crippen LogP contribution >= 0.6 is 0 Å². The van der Waals surface area contributed by atoms with E-state index in [1.54, 1.807) is 13.4 Å². The lowest BCUT2D eigenvalue weighted by Crippen LogP contribution is -2.39. The van der Waals surface area contributed by atoms with Crippen LogP contribution in [-0.4, -0.2) is 29.7 Å². The van der Waals surface area contributed by atoms with E-state index in [0.29, 0.717) is 6.04 Å². The van der Waals surface area contributed by atoms with Gasteiger partial charge in [-0.2, -0.15) is 0 Å². The van der Waals surface area contributed by atoms with Crippen LogP contribution in [0.2, 0.25) is 0 Å². The first-order valence-electron chi connectivity index (χ1n) is 7.39. The molecule has 3 rings (SSSR count). The highest BCUT2D eigenvalue weighted by atomic mass is 16.5. The molecule has 0 amide bonds. The Hall–Kier alpha value is -1.84. The van der Waals surface area contributed by atoms with Gasteiger partial charge in [-0.25, -0.2) is 9.97 Å². The molecular formula is C16H21N3O. The summed E-state index contributed by atoms with van der Waals surface area (Å²) in [6.45, 7) is 3.35. The Morgan fingerprint density at radius 2 is 2.20 bits per heavy atom. The van der Waals surface area contributed by atoms with Crippen molar-refractivity contribution >= 4 is 16.7 Å². The Morgan fingerprint density at radius 1 is 1.30 bits per heavy atom. The second kappa shape index (κ2) is 5.65. The van der Waals surface area contributed by atoms with Gasteiger partial charge in [0.2, 0.25) is 0 Å². The van der Waals surface area contributed by atoms with E-state index in [9.17, 15) is 0 Å². The molecule has 0 radical (unpaired) electrons. The summed E-state index contributed by atoms with van der Waals surface area (Å²) in [5.74, 6) is 1.91. The Kier molecular flexibility index (Phi) is 3.72. The molecule has 20 heavy (non-hydrogen) atoms. The smallest absolute Gasteiger partial charge is 0.140 e. The second-order valence-electron chi connectivity index (χ2n) is 5.33. The van der Waals surface area contributed by atoms with Gasteiger partial charge in [0.1, 0.15) is 17.9 Å². The summed E-state index contributed by atoms with van der Waals surface area (Å²) in [6.07, 6.45) is 6.67. The Labute approximate surface area is 119 Å². The van der Waals surface area contributed by atoms with E-state index >= 15 is 0 Å². The lowest BCUT2D eigenvalue weighted by Gasteiger charge is -2.36. The van der Waals surface area contributed by atoms with Crippen LogP contribution in [0.4, 0.5) is 5.82 Å². The maximum Gasteiger partial charge on any atom is 0.140 e. The lowest BCUT2D eigenvalue weighted by molar-refractivity contribution is 0.415. The van der Waals surface area contributed by atoms with Crippen LogP contribution in [-0.2, 0) is 0 Å². The van der Waals surface area contributed by atoms with Gasteiger partial charge in [-0.1, -0.05) is 6.92 Å². The Morgan fingerprint density at radius 3 is 3.00 bits per heavy atom. The summed E-state index contributed by atoms with van der Waals surface area (Å²) in [5.41, 5.74) is 0.953. The number of piperidine rings is 1. The number of methoxy groups -OCH3 is 1. The number of anilines is 1. The highest BCUT2D eigenvalue weighted by molar-refractivity contribution is 5.90. The molecular weight excluding hydrogens is 250 g/mol. The summed E-state index contributed by atoms with van der Waals surface area (Å²) in [4.78, 5) is 11.4. The minimum absolute atomic E-state index is 0.601. The number of nitrogens with zero attached hydrogens (tertiary/aromatic N) is 3. The van der Waals surface area contributed by atoms with Gasteiger partial charge in [0.15, 0.2) is 0 Å². The highest BCUT2D eigenvalue weighted by Crippen LogP contribution is 2.31. The van der Waals surface area contributed by atoms with Crippen molar-refractivity contribution < 1.29 is 4.74 Å². The first-order valence-corrected chi connectivity index (χ1v) is 7.39. The topological polar surface area (TPSA) is 38.2 Å². The number of benzene rings is 1. The molecule has 1 saturated heterocycles. The second-order valence-corrected chi connectivity index (χ2v) is 5.33. The molecule has 1 aromatic heterocycles. The molecule has 0 bridgehead atoms. The van der Waals surface area contributed by atoms with Gasteiger partial charge >= 0.3 is 0 Å². The minimum Gasteiger partial charge on any atom is -0.497 e. The van der Waals surface area contributed by atoms with Crippen LogP contribution < -0.4 is 9.64 Å². The first-order chi connectivity index (χ1) is 9.83. The largest absolute Gasteiger partial charge is 0.497 e. The van der Waals surface area contributed by atoms with Crippen molar-refractivity contribution in [1.82, 2.24) is 9.97 Å². The summed E-state index contributed by atoms with van der Waals surface area (Å²) >= 11 is 0. The highest BCUT2D eigenvalue weighted by Gasteiger charge is 2.23. The van der Waals surface area contributed by atoms with Crippen LogP contribution in [0.3, 0.4) is 0 Å². The molecule has 0 saturated carbocycles. The van der Waals surface area contributed by atoms with E-state index in [0.717, 1.165) is 29.0 Å². The average molecular weight is 271 g/mol. The third kappa shape index (κ3) is 2.30. The van der Waals surface area contributed by atoms with Crippen molar-refractivity contribution in [3.63, 3.8) is 0 Å². The van der Waals surface area contributed by atoms with E-state index < -0.39 is 0 Å². The normalized spacial score (nSPS) is 19.3. The predicted octanol–water partition coefficient (Wildman–Crippen LogP) is 3.41. The van der Waals surface area contributed by atoms with Gasteiger partial charge < -0.3 is 9.64 Å². The Bertz CT molecular complexity index is 599. The zero-order valence-electron chi connectivity index (χ0n) is 12.2. The summed E-state index contributed by atoms with van der Waals surface area (Å²) < 4.78 is 5.28. The third-order valence-corrected chi connectivity index (χ3v) is 4.19. The fourth-order valence-corrected chi connectivity index (χ4v) is 3.08. The minimum atomic E-state index is 0.601. The third-order valence-electron chi connectivity index (χ3n) is 4.19. The molecule has 0 aliphatic carbocycles. The van der Waals surface area contributed by atoms with Crippen molar-refractivity contribution in [2.75, 3.05) is 18.6 Å². The van der Waals surface area contributed by atoms with Crippen LogP contribution in [0.1, 0.15) is 32.6 Å². The SMILES string of the molecule is CCC1CCCCN1c1ncnc2cc(OC)ccc12. The molecule has 1 atom stereocenters. The zero-order chi connectivity index (χ0) is 13.9. The molecule has 1 fully saturated rings. The molecule has 2 heterocycles. The van der Waals surface area contributed by atoms with Gasteiger partial charge in [-0.3, -0.25) is 0 Å². The molecule has 1 aromatic carbocycles. The van der Waals surface area contributed by atoms with Crippen LogP contribution in [0.5, 0.6) is 5.75 Å². The number of ether oxygens (including phenoxy) is 1. The van der Waals surface area contributed by atoms with E-state index in [1.807, 2.05) is 12.1 Å². The average Bonchev–Trinajstić information content (AvgIpc) is 2.53. The van der Waals surface area contributed by atoms with Crippen LogP contribution in [0, 0.1) is 0 Å². The molecule has 1 aliphatic rings. The molecule has 106 valence electrons. The van der Waals surface area contributed by atoms with Crippen molar-refractivity contribution in [1.29, 1.82) is 0 Å². The molecule has 1 aliphatic heterocycles. The van der Waals surface area contributed by atoms with Crippen LogP contribution in [0.25, 0.3) is 10.9 Å².